The molecule has 1 aromatic heterocycles. The van der Waals surface area contributed by atoms with Gasteiger partial charge >= 0.3 is 0 Å². The Labute approximate surface area is 167 Å². The quantitative estimate of drug-likeness (QED) is 0.747. The molecule has 2 fully saturated rings. The molecule has 0 saturated carbocycles. The molecule has 3 rings (SSSR count). The molecule has 0 aliphatic carbocycles. The van der Waals surface area contributed by atoms with Gasteiger partial charge in [-0.25, -0.2) is 0 Å². The number of rotatable bonds is 6. The van der Waals surface area contributed by atoms with Crippen molar-refractivity contribution in [2.45, 2.75) is 38.6 Å². The maximum Gasteiger partial charge on any atom is 0.255 e. The molecule has 1 unspecified atom stereocenters. The van der Waals surface area contributed by atoms with Gasteiger partial charge in [0.25, 0.3) is 5.91 Å². The lowest BCUT2D eigenvalue weighted by molar-refractivity contribution is -0.127. The van der Waals surface area contributed by atoms with E-state index in [1.807, 2.05) is 17.9 Å². The smallest absolute Gasteiger partial charge is 0.255 e. The highest BCUT2D eigenvalue weighted by molar-refractivity contribution is 5.94. The second-order valence-electron chi connectivity index (χ2n) is 7.89. The number of hydrogen-bond donors (Lipinski definition) is 1. The second kappa shape index (κ2) is 9.98. The third kappa shape index (κ3) is 5.29. The molecule has 1 aromatic rings. The Morgan fingerprint density at radius 1 is 1.21 bits per heavy atom. The molecular weight excluding hydrogens is 356 g/mol. The molecule has 28 heavy (non-hydrogen) atoms. The molecule has 3 heterocycles. The standard InChI is InChI=1S/C21H32N4O3/c1-16-12-18(14-22-13-16)21(27)24-9-5-19(6-10-24)25-8-3-4-17(15-25)20(26)23-7-11-28-2/h12-14,17,19H,3-11,15H2,1-2H3,(H,23,26). The summed E-state index contributed by atoms with van der Waals surface area (Å²) in [5.74, 6) is 0.272. The summed E-state index contributed by atoms with van der Waals surface area (Å²) in [5.41, 5.74) is 1.67. The second-order valence-corrected chi connectivity index (χ2v) is 7.89. The Morgan fingerprint density at radius 3 is 2.71 bits per heavy atom. The highest BCUT2D eigenvalue weighted by Crippen LogP contribution is 2.24. The predicted octanol–water partition coefficient (Wildman–Crippen LogP) is 1.47. The number of amides is 2. The zero-order valence-electron chi connectivity index (χ0n) is 17.0. The van der Waals surface area contributed by atoms with E-state index in [0.29, 0.717) is 24.8 Å². The van der Waals surface area contributed by atoms with E-state index in [2.05, 4.69) is 15.2 Å². The molecule has 0 bridgehead atoms. The van der Waals surface area contributed by atoms with E-state index in [4.69, 9.17) is 4.74 Å². The van der Waals surface area contributed by atoms with Gasteiger partial charge in [-0.2, -0.15) is 0 Å². The van der Waals surface area contributed by atoms with Crippen LogP contribution in [0.1, 0.15) is 41.6 Å². The summed E-state index contributed by atoms with van der Waals surface area (Å²) in [4.78, 5) is 33.6. The maximum atomic E-state index is 12.7. The van der Waals surface area contributed by atoms with Gasteiger partial charge in [0.1, 0.15) is 0 Å². The summed E-state index contributed by atoms with van der Waals surface area (Å²) < 4.78 is 5.00. The van der Waals surface area contributed by atoms with Crippen LogP contribution in [0.25, 0.3) is 0 Å². The van der Waals surface area contributed by atoms with Crippen LogP contribution in [0.15, 0.2) is 18.5 Å². The average molecular weight is 389 g/mol. The molecule has 2 aliphatic heterocycles. The van der Waals surface area contributed by atoms with Crippen LogP contribution in [-0.2, 0) is 9.53 Å². The van der Waals surface area contributed by atoms with Crippen LogP contribution in [0.2, 0.25) is 0 Å². The topological polar surface area (TPSA) is 74.8 Å². The average Bonchev–Trinajstić information content (AvgIpc) is 2.73. The van der Waals surface area contributed by atoms with Crippen LogP contribution >= 0.6 is 0 Å². The predicted molar refractivity (Wildman–Crippen MR) is 107 cm³/mol. The SMILES string of the molecule is COCCNC(=O)C1CCCN(C2CCN(C(=O)c3cncc(C)c3)CC2)C1. The first-order valence-corrected chi connectivity index (χ1v) is 10.3. The van der Waals surface area contributed by atoms with Crippen molar-refractivity contribution in [3.05, 3.63) is 29.6 Å². The van der Waals surface area contributed by atoms with Gasteiger partial charge in [0.15, 0.2) is 0 Å². The molecular formula is C21H32N4O3. The first kappa shape index (κ1) is 20.7. The Kier molecular flexibility index (Phi) is 7.39. The number of carbonyl (C=O) groups is 2. The van der Waals surface area contributed by atoms with Gasteiger partial charge in [-0.1, -0.05) is 0 Å². The van der Waals surface area contributed by atoms with E-state index in [1.165, 1.54) is 0 Å². The molecule has 154 valence electrons. The number of likely N-dealkylation sites (tertiary alicyclic amines) is 2. The fourth-order valence-electron chi connectivity index (χ4n) is 4.26. The van der Waals surface area contributed by atoms with E-state index in [1.54, 1.807) is 19.5 Å². The normalized spacial score (nSPS) is 21.5. The molecule has 1 atom stereocenters. The summed E-state index contributed by atoms with van der Waals surface area (Å²) in [6.45, 7) is 6.46. The Morgan fingerprint density at radius 2 is 2.00 bits per heavy atom. The van der Waals surface area contributed by atoms with E-state index in [0.717, 1.165) is 57.4 Å². The molecule has 0 radical (unpaired) electrons. The summed E-state index contributed by atoms with van der Waals surface area (Å²) in [6.07, 6.45) is 7.34. The lowest BCUT2D eigenvalue weighted by atomic mass is 9.93. The maximum absolute atomic E-state index is 12.7. The van der Waals surface area contributed by atoms with Crippen molar-refractivity contribution in [3.63, 3.8) is 0 Å². The van der Waals surface area contributed by atoms with Crippen molar-refractivity contribution in [1.29, 1.82) is 0 Å². The minimum atomic E-state index is 0.0589. The van der Waals surface area contributed by atoms with E-state index in [9.17, 15) is 9.59 Å². The zero-order chi connectivity index (χ0) is 19.9. The summed E-state index contributed by atoms with van der Waals surface area (Å²) in [7, 11) is 1.64. The van der Waals surface area contributed by atoms with Crippen LogP contribution in [0.4, 0.5) is 0 Å². The molecule has 2 saturated heterocycles. The number of nitrogens with one attached hydrogen (secondary N) is 1. The van der Waals surface area contributed by atoms with Crippen molar-refractivity contribution in [3.8, 4) is 0 Å². The molecule has 7 heteroatoms. The third-order valence-electron chi connectivity index (χ3n) is 5.82. The number of aryl methyl sites for hydroxylation is 1. The first-order valence-electron chi connectivity index (χ1n) is 10.3. The lowest BCUT2D eigenvalue weighted by Gasteiger charge is -2.42. The first-order chi connectivity index (χ1) is 13.6. The number of methoxy groups -OCH3 is 1. The molecule has 7 nitrogen and oxygen atoms in total. The molecule has 0 spiro atoms. The zero-order valence-corrected chi connectivity index (χ0v) is 17.0. The fourth-order valence-corrected chi connectivity index (χ4v) is 4.26. The van der Waals surface area contributed by atoms with E-state index < -0.39 is 0 Å². The number of aromatic nitrogens is 1. The van der Waals surface area contributed by atoms with Crippen molar-refractivity contribution < 1.29 is 14.3 Å². The fraction of sp³-hybridized carbons (Fsp3) is 0.667. The van der Waals surface area contributed by atoms with Gasteiger partial charge in [0.05, 0.1) is 18.1 Å². The van der Waals surface area contributed by atoms with Crippen molar-refractivity contribution in [2.75, 3.05) is 46.4 Å². The van der Waals surface area contributed by atoms with Gasteiger partial charge in [0, 0.05) is 51.7 Å². The van der Waals surface area contributed by atoms with Gasteiger partial charge in [-0.3, -0.25) is 19.5 Å². The van der Waals surface area contributed by atoms with Crippen LogP contribution in [-0.4, -0.2) is 79.1 Å². The Bertz CT molecular complexity index is 673. The number of hydrogen-bond acceptors (Lipinski definition) is 5. The summed E-state index contributed by atoms with van der Waals surface area (Å²) >= 11 is 0. The number of pyridine rings is 1. The Balaban J connectivity index is 1.49. The van der Waals surface area contributed by atoms with Crippen LogP contribution in [0.5, 0.6) is 0 Å². The number of piperidine rings is 2. The minimum absolute atomic E-state index is 0.0589. The van der Waals surface area contributed by atoms with Gasteiger partial charge < -0.3 is 15.0 Å². The lowest BCUT2D eigenvalue weighted by Crippen LogP contribution is -2.51. The molecule has 1 N–H and O–H groups in total. The summed E-state index contributed by atoms with van der Waals surface area (Å²) in [6, 6.07) is 2.35. The van der Waals surface area contributed by atoms with E-state index in [-0.39, 0.29) is 17.7 Å². The van der Waals surface area contributed by atoms with E-state index >= 15 is 0 Å². The highest BCUT2D eigenvalue weighted by Gasteiger charge is 2.32. The number of nitrogens with zero attached hydrogens (tertiary/aromatic N) is 3. The number of carbonyl (C=O) groups excluding carboxylic acids is 2. The number of ether oxygens (including phenoxy) is 1. The van der Waals surface area contributed by atoms with Crippen LogP contribution in [0.3, 0.4) is 0 Å². The van der Waals surface area contributed by atoms with Crippen molar-refractivity contribution in [2.24, 2.45) is 5.92 Å². The Hall–Kier alpha value is -1.99. The molecule has 2 aliphatic rings. The monoisotopic (exact) mass is 388 g/mol. The molecule has 2 amide bonds. The van der Waals surface area contributed by atoms with Crippen molar-refractivity contribution in [1.82, 2.24) is 20.1 Å². The van der Waals surface area contributed by atoms with Crippen LogP contribution < -0.4 is 5.32 Å². The van der Waals surface area contributed by atoms with Crippen molar-refractivity contribution >= 4 is 11.8 Å². The molecule has 0 aromatic carbocycles. The van der Waals surface area contributed by atoms with Gasteiger partial charge in [-0.15, -0.1) is 0 Å². The van der Waals surface area contributed by atoms with Crippen LogP contribution in [0, 0.1) is 12.8 Å². The summed E-state index contributed by atoms with van der Waals surface area (Å²) in [5, 5.41) is 2.97. The third-order valence-corrected chi connectivity index (χ3v) is 5.82. The minimum Gasteiger partial charge on any atom is -0.383 e. The largest absolute Gasteiger partial charge is 0.383 e. The highest BCUT2D eigenvalue weighted by atomic mass is 16.5. The van der Waals surface area contributed by atoms with Gasteiger partial charge in [-0.05, 0) is 50.8 Å². The van der Waals surface area contributed by atoms with Gasteiger partial charge in [0.2, 0.25) is 5.91 Å².